The number of hydrogen-bond donors (Lipinski definition) is 0. The van der Waals surface area contributed by atoms with Crippen molar-refractivity contribution in [3.05, 3.63) is 29.8 Å². The second-order valence-electron chi connectivity index (χ2n) is 1.91. The number of carbonyl (C=O) groups excluding carboxylic acids is 1. The van der Waals surface area contributed by atoms with Gasteiger partial charge < -0.3 is 9.90 Å². The third-order valence-corrected chi connectivity index (χ3v) is 1.48. The molecule has 1 rings (SSSR count). The summed E-state index contributed by atoms with van der Waals surface area (Å²) in [5.74, 6) is -1.13. The molecular weight excluding hydrogens is 170 g/mol. The summed E-state index contributed by atoms with van der Waals surface area (Å²) in [6.45, 7) is 0. The van der Waals surface area contributed by atoms with Crippen LogP contribution in [-0.4, -0.2) is 5.97 Å². The molecule has 1 atom stereocenters. The molecule has 1 aromatic carbocycles. The largest absolute Gasteiger partial charge is 1.00 e. The van der Waals surface area contributed by atoms with Gasteiger partial charge in [0.15, 0.2) is 0 Å². The maximum absolute atomic E-state index is 10.2. The maximum Gasteiger partial charge on any atom is 1.00 e. The average Bonchev–Trinajstić information content (AvgIpc) is 1.88. The molecule has 1 aromatic rings. The summed E-state index contributed by atoms with van der Waals surface area (Å²) in [4.78, 5) is 10.2. The van der Waals surface area contributed by atoms with E-state index in [1.807, 2.05) is 0 Å². The van der Waals surface area contributed by atoms with Crippen LogP contribution >= 0.6 is 9.24 Å². The zero-order chi connectivity index (χ0) is 7.56. The predicted molar refractivity (Wildman–Crippen MR) is 40.1 cm³/mol. The van der Waals surface area contributed by atoms with Crippen LogP contribution in [0.3, 0.4) is 0 Å². The fraction of sp³-hybridized carbons (Fsp3) is 0. The molecule has 0 aliphatic heterocycles. The van der Waals surface area contributed by atoms with Gasteiger partial charge in [0.2, 0.25) is 0 Å². The molecule has 0 heterocycles. The quantitative estimate of drug-likeness (QED) is 0.330. The van der Waals surface area contributed by atoms with Gasteiger partial charge in [0, 0.05) is 0 Å². The van der Waals surface area contributed by atoms with E-state index in [4.69, 9.17) is 0 Å². The molecule has 0 bridgehead atoms. The Balaban J connectivity index is 0.000001000. The van der Waals surface area contributed by atoms with Gasteiger partial charge in [0.05, 0.1) is 5.97 Å². The number of carbonyl (C=O) groups is 1. The van der Waals surface area contributed by atoms with Crippen molar-refractivity contribution in [2.75, 3.05) is 0 Å². The van der Waals surface area contributed by atoms with E-state index in [0.717, 1.165) is 5.30 Å². The summed E-state index contributed by atoms with van der Waals surface area (Å²) in [5, 5.41) is 11.1. The zero-order valence-electron chi connectivity index (χ0n) is 6.20. The van der Waals surface area contributed by atoms with Crippen LogP contribution in [0.2, 0.25) is 0 Å². The Hall–Kier alpha value is 0.120. The van der Waals surface area contributed by atoms with Gasteiger partial charge in [-0.15, -0.1) is 9.24 Å². The van der Waals surface area contributed by atoms with Gasteiger partial charge in [-0.2, -0.15) is 0 Å². The van der Waals surface area contributed by atoms with Gasteiger partial charge >= 0.3 is 29.6 Å². The van der Waals surface area contributed by atoms with Gasteiger partial charge in [-0.3, -0.25) is 0 Å². The summed E-state index contributed by atoms with van der Waals surface area (Å²) in [5.41, 5.74) is 0.215. The third kappa shape index (κ3) is 3.35. The van der Waals surface area contributed by atoms with Gasteiger partial charge in [-0.1, -0.05) is 18.2 Å². The van der Waals surface area contributed by atoms with E-state index in [2.05, 4.69) is 9.24 Å². The molecule has 1 unspecified atom stereocenters. The molecule has 0 saturated heterocycles. The minimum absolute atomic E-state index is 0. The van der Waals surface area contributed by atoms with E-state index in [1.165, 1.54) is 6.07 Å². The van der Waals surface area contributed by atoms with E-state index in [-0.39, 0.29) is 35.1 Å². The molecule has 0 N–H and O–H groups in total. The number of hydrogen-bond acceptors (Lipinski definition) is 2. The summed E-state index contributed by atoms with van der Waals surface area (Å²) < 4.78 is 0. The number of carboxylic acid groups (broad SMARTS) is 1. The number of rotatable bonds is 1. The Labute approximate surface area is 89.5 Å². The van der Waals surface area contributed by atoms with Crippen LogP contribution in [0.15, 0.2) is 24.3 Å². The summed E-state index contributed by atoms with van der Waals surface area (Å²) in [6.07, 6.45) is 0. The van der Waals surface area contributed by atoms with E-state index in [0.29, 0.717) is 0 Å². The van der Waals surface area contributed by atoms with Crippen LogP contribution in [0.1, 0.15) is 10.4 Å². The Morgan fingerprint density at radius 1 is 1.45 bits per heavy atom. The molecular formula is C7H6NaO2P. The fourth-order valence-electron chi connectivity index (χ4n) is 0.666. The average molecular weight is 176 g/mol. The van der Waals surface area contributed by atoms with Gasteiger partial charge in [-0.05, 0) is 16.9 Å². The van der Waals surface area contributed by atoms with Crippen molar-refractivity contribution in [1.29, 1.82) is 0 Å². The molecule has 0 aliphatic rings. The molecule has 0 aromatic heterocycles. The second-order valence-corrected chi connectivity index (χ2v) is 2.58. The molecule has 0 aliphatic carbocycles. The standard InChI is InChI=1S/C7H7O2P.Na/c8-7(9)5-2-1-3-6(10)4-5;/h1-4H,10H2,(H,8,9);/q;+1/p-1. The molecule has 11 heavy (non-hydrogen) atoms. The first-order valence-electron chi connectivity index (χ1n) is 2.77. The molecule has 52 valence electrons. The van der Waals surface area contributed by atoms with Crippen LogP contribution in [0.4, 0.5) is 0 Å². The molecule has 0 spiro atoms. The smallest absolute Gasteiger partial charge is 0.545 e. The van der Waals surface area contributed by atoms with Gasteiger partial charge in [0.1, 0.15) is 0 Å². The van der Waals surface area contributed by atoms with Crippen LogP contribution in [-0.2, 0) is 0 Å². The first-order valence-corrected chi connectivity index (χ1v) is 3.35. The number of benzene rings is 1. The van der Waals surface area contributed by atoms with E-state index >= 15 is 0 Å². The predicted octanol–water partition coefficient (Wildman–Crippen LogP) is -3.45. The molecule has 0 saturated carbocycles. The Bertz CT molecular complexity index is 262. The maximum atomic E-state index is 10.2. The molecule has 4 heteroatoms. The minimum Gasteiger partial charge on any atom is -0.545 e. The number of carboxylic acids is 1. The van der Waals surface area contributed by atoms with Gasteiger partial charge in [0.25, 0.3) is 0 Å². The number of aromatic carboxylic acids is 1. The zero-order valence-corrected chi connectivity index (χ0v) is 9.36. The van der Waals surface area contributed by atoms with Crippen LogP contribution in [0, 0.1) is 0 Å². The fourth-order valence-corrected chi connectivity index (χ4v) is 0.956. The third-order valence-electron chi connectivity index (χ3n) is 1.12. The normalized spacial score (nSPS) is 8.45. The van der Waals surface area contributed by atoms with Crippen molar-refractivity contribution in [2.45, 2.75) is 0 Å². The van der Waals surface area contributed by atoms with Crippen LogP contribution in [0.25, 0.3) is 0 Å². The van der Waals surface area contributed by atoms with E-state index in [1.54, 1.807) is 18.2 Å². The summed E-state index contributed by atoms with van der Waals surface area (Å²) >= 11 is 0. The van der Waals surface area contributed by atoms with E-state index < -0.39 is 5.97 Å². The van der Waals surface area contributed by atoms with Crippen LogP contribution in [0.5, 0.6) is 0 Å². The van der Waals surface area contributed by atoms with Crippen molar-refractivity contribution in [3.63, 3.8) is 0 Å². The van der Waals surface area contributed by atoms with Crippen molar-refractivity contribution in [1.82, 2.24) is 0 Å². The summed E-state index contributed by atoms with van der Waals surface area (Å²) in [6, 6.07) is 6.52. The van der Waals surface area contributed by atoms with Crippen molar-refractivity contribution < 1.29 is 39.5 Å². The van der Waals surface area contributed by atoms with E-state index in [9.17, 15) is 9.90 Å². The van der Waals surface area contributed by atoms with Crippen molar-refractivity contribution >= 4 is 20.5 Å². The monoisotopic (exact) mass is 176 g/mol. The Morgan fingerprint density at radius 2 is 2.09 bits per heavy atom. The Morgan fingerprint density at radius 3 is 2.45 bits per heavy atom. The Kier molecular flexibility index (Phi) is 4.94. The first-order chi connectivity index (χ1) is 4.70. The second kappa shape index (κ2) is 4.89. The molecule has 0 amide bonds. The topological polar surface area (TPSA) is 40.1 Å². The van der Waals surface area contributed by atoms with Crippen molar-refractivity contribution in [2.24, 2.45) is 0 Å². The summed E-state index contributed by atoms with van der Waals surface area (Å²) in [7, 11) is 2.42. The first kappa shape index (κ1) is 11.1. The molecule has 0 radical (unpaired) electrons. The molecule has 2 nitrogen and oxygen atoms in total. The molecule has 0 fully saturated rings. The van der Waals surface area contributed by atoms with Crippen LogP contribution < -0.4 is 40.0 Å². The SMILES string of the molecule is O=C([O-])c1cccc(P)c1.[Na+]. The minimum atomic E-state index is -1.13. The van der Waals surface area contributed by atoms with Crippen molar-refractivity contribution in [3.8, 4) is 0 Å². The van der Waals surface area contributed by atoms with Gasteiger partial charge in [-0.25, -0.2) is 0 Å².